The lowest BCUT2D eigenvalue weighted by Gasteiger charge is -2.26. The van der Waals surface area contributed by atoms with Crippen molar-refractivity contribution in [3.63, 3.8) is 0 Å². The van der Waals surface area contributed by atoms with Crippen molar-refractivity contribution < 1.29 is 9.84 Å². The summed E-state index contributed by atoms with van der Waals surface area (Å²) in [5.41, 5.74) is 6.43. The molecule has 0 bridgehead atoms. The molecule has 0 aromatic heterocycles. The number of para-hydroxylation sites is 2. The molecule has 1 aliphatic heterocycles. The quantitative estimate of drug-likeness (QED) is 0.804. The molecule has 92 valence electrons. The maximum Gasteiger partial charge on any atom is 0.133 e. The molecule has 3 rings (SSSR count). The molecule has 2 aromatic rings. The first-order valence-electron chi connectivity index (χ1n) is 6.01. The second-order valence-electron chi connectivity index (χ2n) is 4.62. The van der Waals surface area contributed by atoms with Gasteiger partial charge in [0.15, 0.2) is 0 Å². The van der Waals surface area contributed by atoms with Crippen LogP contribution in [0.4, 0.5) is 0 Å². The first kappa shape index (κ1) is 11.3. The van der Waals surface area contributed by atoms with E-state index < -0.39 is 5.60 Å². The molecule has 3 heteroatoms. The van der Waals surface area contributed by atoms with Crippen LogP contribution in [0.5, 0.6) is 11.5 Å². The number of aliphatic hydroxyl groups is 1. The number of ether oxygens (including phenoxy) is 1. The van der Waals surface area contributed by atoms with Gasteiger partial charge in [0.25, 0.3) is 0 Å². The highest BCUT2D eigenvalue weighted by molar-refractivity contribution is 5.48. The van der Waals surface area contributed by atoms with E-state index in [0.29, 0.717) is 12.2 Å². The van der Waals surface area contributed by atoms with Crippen LogP contribution in [0.3, 0.4) is 0 Å². The van der Waals surface area contributed by atoms with Gasteiger partial charge in [0, 0.05) is 18.5 Å². The van der Waals surface area contributed by atoms with Gasteiger partial charge >= 0.3 is 0 Å². The minimum atomic E-state index is -1.07. The van der Waals surface area contributed by atoms with Crippen molar-refractivity contribution in [1.29, 1.82) is 0 Å². The van der Waals surface area contributed by atoms with E-state index in [2.05, 4.69) is 0 Å². The zero-order valence-corrected chi connectivity index (χ0v) is 9.97. The van der Waals surface area contributed by atoms with Crippen LogP contribution in [0.15, 0.2) is 48.5 Å². The van der Waals surface area contributed by atoms with E-state index in [-0.39, 0.29) is 6.54 Å². The van der Waals surface area contributed by atoms with Crippen LogP contribution in [0.1, 0.15) is 11.1 Å². The highest BCUT2D eigenvalue weighted by Crippen LogP contribution is 2.40. The Hall–Kier alpha value is -1.84. The standard InChI is InChI=1S/C15H15NO2/c16-10-15(17)9-11-5-1-3-7-13(11)18-14-8-4-2-6-12(14)15/h1-8,17H,9-10,16H2. The van der Waals surface area contributed by atoms with Crippen molar-refractivity contribution in [2.45, 2.75) is 12.0 Å². The maximum absolute atomic E-state index is 10.8. The van der Waals surface area contributed by atoms with Crippen molar-refractivity contribution in [3.8, 4) is 11.5 Å². The number of nitrogens with two attached hydrogens (primary N) is 1. The van der Waals surface area contributed by atoms with Gasteiger partial charge in [-0.15, -0.1) is 0 Å². The number of hydrogen-bond donors (Lipinski definition) is 2. The number of hydrogen-bond acceptors (Lipinski definition) is 3. The Morgan fingerprint density at radius 3 is 2.50 bits per heavy atom. The third-order valence-electron chi connectivity index (χ3n) is 3.40. The molecule has 1 aliphatic rings. The normalized spacial score (nSPS) is 21.4. The lowest BCUT2D eigenvalue weighted by molar-refractivity contribution is 0.0467. The van der Waals surface area contributed by atoms with Crippen LogP contribution in [0.25, 0.3) is 0 Å². The van der Waals surface area contributed by atoms with Crippen molar-refractivity contribution in [1.82, 2.24) is 0 Å². The zero-order chi connectivity index (χ0) is 12.6. The summed E-state index contributed by atoms with van der Waals surface area (Å²) in [5.74, 6) is 1.46. The van der Waals surface area contributed by atoms with Crippen LogP contribution >= 0.6 is 0 Å². The average molecular weight is 241 g/mol. The first-order chi connectivity index (χ1) is 8.73. The fourth-order valence-corrected chi connectivity index (χ4v) is 2.40. The van der Waals surface area contributed by atoms with Crippen molar-refractivity contribution in [2.75, 3.05) is 6.54 Å². The highest BCUT2D eigenvalue weighted by atomic mass is 16.5. The van der Waals surface area contributed by atoms with Crippen LogP contribution in [-0.2, 0) is 12.0 Å². The third-order valence-corrected chi connectivity index (χ3v) is 3.40. The summed E-state index contributed by atoms with van der Waals surface area (Å²) in [6.07, 6.45) is 0.469. The molecular formula is C15H15NO2. The van der Waals surface area contributed by atoms with Gasteiger partial charge in [-0.1, -0.05) is 36.4 Å². The van der Waals surface area contributed by atoms with Gasteiger partial charge in [-0.3, -0.25) is 0 Å². The second-order valence-corrected chi connectivity index (χ2v) is 4.62. The SMILES string of the molecule is NCC1(O)Cc2ccccc2Oc2ccccc21. The molecule has 0 aliphatic carbocycles. The van der Waals surface area contributed by atoms with E-state index in [9.17, 15) is 5.11 Å². The van der Waals surface area contributed by atoms with E-state index in [0.717, 1.165) is 16.9 Å². The molecule has 18 heavy (non-hydrogen) atoms. The van der Waals surface area contributed by atoms with Gasteiger partial charge < -0.3 is 15.6 Å². The average Bonchev–Trinajstić information content (AvgIpc) is 2.53. The summed E-state index contributed by atoms with van der Waals surface area (Å²) in [6.45, 7) is 0.168. The molecule has 1 heterocycles. The predicted octanol–water partition coefficient (Wildman–Crippen LogP) is 2.18. The van der Waals surface area contributed by atoms with Crippen LogP contribution in [0.2, 0.25) is 0 Å². The third kappa shape index (κ3) is 1.68. The maximum atomic E-state index is 10.8. The number of benzene rings is 2. The summed E-state index contributed by atoms with van der Waals surface area (Å²) in [6, 6.07) is 15.2. The highest BCUT2D eigenvalue weighted by Gasteiger charge is 2.34. The lowest BCUT2D eigenvalue weighted by atomic mass is 9.87. The molecule has 3 N–H and O–H groups in total. The first-order valence-corrected chi connectivity index (χ1v) is 6.01. The van der Waals surface area contributed by atoms with Crippen LogP contribution < -0.4 is 10.5 Å². The van der Waals surface area contributed by atoms with Gasteiger partial charge in [-0.05, 0) is 17.7 Å². The predicted molar refractivity (Wildman–Crippen MR) is 69.6 cm³/mol. The molecule has 0 spiro atoms. The van der Waals surface area contributed by atoms with Crippen molar-refractivity contribution in [2.24, 2.45) is 5.73 Å². The Kier molecular flexibility index (Phi) is 2.58. The van der Waals surface area contributed by atoms with Gasteiger partial charge in [0.1, 0.15) is 17.1 Å². The molecule has 0 radical (unpaired) electrons. The van der Waals surface area contributed by atoms with Crippen LogP contribution in [0, 0.1) is 0 Å². The van der Waals surface area contributed by atoms with Crippen molar-refractivity contribution in [3.05, 3.63) is 59.7 Å². The molecule has 1 unspecified atom stereocenters. The molecule has 1 atom stereocenters. The van der Waals surface area contributed by atoms with E-state index in [4.69, 9.17) is 10.5 Å². The van der Waals surface area contributed by atoms with E-state index in [1.54, 1.807) is 0 Å². The number of rotatable bonds is 1. The Bertz CT molecular complexity index is 582. The zero-order valence-electron chi connectivity index (χ0n) is 9.97. The summed E-state index contributed by atoms with van der Waals surface area (Å²) in [4.78, 5) is 0. The molecule has 2 aromatic carbocycles. The van der Waals surface area contributed by atoms with Gasteiger partial charge in [-0.2, -0.15) is 0 Å². The smallest absolute Gasteiger partial charge is 0.133 e. The number of fused-ring (bicyclic) bond motifs is 2. The van der Waals surface area contributed by atoms with Gasteiger partial charge in [0.2, 0.25) is 0 Å². The van der Waals surface area contributed by atoms with Gasteiger partial charge in [0.05, 0.1) is 0 Å². The summed E-state index contributed by atoms with van der Waals surface area (Å²) in [7, 11) is 0. The minimum absolute atomic E-state index is 0.168. The lowest BCUT2D eigenvalue weighted by Crippen LogP contribution is -2.36. The fraction of sp³-hybridized carbons (Fsp3) is 0.200. The van der Waals surface area contributed by atoms with E-state index >= 15 is 0 Å². The molecule has 3 nitrogen and oxygen atoms in total. The molecular weight excluding hydrogens is 226 g/mol. The van der Waals surface area contributed by atoms with Crippen molar-refractivity contribution >= 4 is 0 Å². The summed E-state index contributed by atoms with van der Waals surface area (Å²) in [5, 5.41) is 10.8. The molecule has 0 saturated carbocycles. The summed E-state index contributed by atoms with van der Waals surface area (Å²) < 4.78 is 5.88. The van der Waals surface area contributed by atoms with Gasteiger partial charge in [-0.25, -0.2) is 0 Å². The molecule has 0 saturated heterocycles. The largest absolute Gasteiger partial charge is 0.457 e. The second kappa shape index (κ2) is 4.12. The Morgan fingerprint density at radius 1 is 1.06 bits per heavy atom. The van der Waals surface area contributed by atoms with Crippen LogP contribution in [-0.4, -0.2) is 11.7 Å². The summed E-state index contributed by atoms with van der Waals surface area (Å²) >= 11 is 0. The minimum Gasteiger partial charge on any atom is -0.457 e. The molecule has 0 amide bonds. The van der Waals surface area contributed by atoms with E-state index in [1.807, 2.05) is 48.5 Å². The Morgan fingerprint density at radius 2 is 1.72 bits per heavy atom. The monoisotopic (exact) mass is 241 g/mol. The Balaban J connectivity index is 2.21. The molecule has 0 fully saturated rings. The Labute approximate surface area is 106 Å². The fourth-order valence-electron chi connectivity index (χ4n) is 2.40. The van der Waals surface area contributed by atoms with E-state index in [1.165, 1.54) is 0 Å². The topological polar surface area (TPSA) is 55.5 Å².